The van der Waals surface area contributed by atoms with Crippen molar-refractivity contribution in [3.63, 3.8) is 0 Å². The number of hydrogen-bond acceptors (Lipinski definition) is 9. The van der Waals surface area contributed by atoms with Crippen LogP contribution in [0.25, 0.3) is 0 Å². The average molecular weight is 550 g/mol. The number of benzene rings is 1. The van der Waals surface area contributed by atoms with Crippen LogP contribution in [0.4, 0.5) is 0 Å². The SMILES string of the molecule is CC(NP(=O)(OCC1OC(n2ccc(=O)[nH]c2=O)C2(CC2)C1O)Oc1ccccc1)C(=O)OC1CCCC1. The maximum Gasteiger partial charge on any atom is 0.459 e. The van der Waals surface area contributed by atoms with Crippen LogP contribution >= 0.6 is 7.75 Å². The Kier molecular flexibility index (Phi) is 7.61. The van der Waals surface area contributed by atoms with Crippen LogP contribution in [0.5, 0.6) is 5.75 Å². The third-order valence-electron chi connectivity index (χ3n) is 7.34. The molecule has 2 aromatic rings. The van der Waals surface area contributed by atoms with Crippen LogP contribution < -0.4 is 20.9 Å². The summed E-state index contributed by atoms with van der Waals surface area (Å²) in [6.45, 7) is 1.17. The van der Waals surface area contributed by atoms with Crippen molar-refractivity contribution >= 4 is 13.7 Å². The summed E-state index contributed by atoms with van der Waals surface area (Å²) in [4.78, 5) is 38.7. The first kappa shape index (κ1) is 26.8. The molecule has 206 valence electrons. The zero-order chi connectivity index (χ0) is 26.9. The van der Waals surface area contributed by atoms with Gasteiger partial charge < -0.3 is 19.1 Å². The van der Waals surface area contributed by atoms with Crippen molar-refractivity contribution in [2.24, 2.45) is 5.41 Å². The van der Waals surface area contributed by atoms with Crippen molar-refractivity contribution in [1.29, 1.82) is 0 Å². The average Bonchev–Trinajstić information content (AvgIpc) is 3.44. The molecule has 5 atom stereocenters. The smallest absolute Gasteiger partial charge is 0.459 e. The monoisotopic (exact) mass is 549 g/mol. The van der Waals surface area contributed by atoms with E-state index in [2.05, 4.69) is 10.1 Å². The van der Waals surface area contributed by atoms with Gasteiger partial charge in [0.05, 0.1) is 12.7 Å². The molecule has 1 aliphatic heterocycles. The number of para-hydroxylation sites is 1. The van der Waals surface area contributed by atoms with Gasteiger partial charge in [0.1, 0.15) is 30.2 Å². The number of aromatic nitrogens is 2. The van der Waals surface area contributed by atoms with Crippen LogP contribution in [0.2, 0.25) is 0 Å². The lowest BCUT2D eigenvalue weighted by atomic mass is 9.96. The largest absolute Gasteiger partial charge is 0.461 e. The molecule has 0 bridgehead atoms. The number of hydrogen-bond donors (Lipinski definition) is 3. The lowest BCUT2D eigenvalue weighted by molar-refractivity contribution is -0.150. The highest BCUT2D eigenvalue weighted by molar-refractivity contribution is 7.52. The molecular weight excluding hydrogens is 517 g/mol. The van der Waals surface area contributed by atoms with E-state index in [0.717, 1.165) is 25.7 Å². The summed E-state index contributed by atoms with van der Waals surface area (Å²) in [5, 5.41) is 13.7. The normalized spacial score (nSPS) is 26.6. The van der Waals surface area contributed by atoms with Gasteiger partial charge in [-0.2, -0.15) is 5.09 Å². The molecule has 13 heteroatoms. The van der Waals surface area contributed by atoms with Crippen molar-refractivity contribution in [3.05, 3.63) is 63.4 Å². The molecule has 0 amide bonds. The van der Waals surface area contributed by atoms with E-state index >= 15 is 0 Å². The third-order valence-corrected chi connectivity index (χ3v) is 8.98. The minimum atomic E-state index is -4.16. The second kappa shape index (κ2) is 10.8. The number of carbonyl (C=O) groups is 1. The van der Waals surface area contributed by atoms with E-state index in [1.165, 1.54) is 23.8 Å². The number of aromatic amines is 1. The Balaban J connectivity index is 1.30. The lowest BCUT2D eigenvalue weighted by Crippen LogP contribution is -2.38. The third kappa shape index (κ3) is 5.64. The van der Waals surface area contributed by atoms with Gasteiger partial charge in [-0.15, -0.1) is 0 Å². The highest BCUT2D eigenvalue weighted by Crippen LogP contribution is 2.62. The number of nitrogens with one attached hydrogen (secondary N) is 2. The topological polar surface area (TPSA) is 158 Å². The number of ether oxygens (including phenoxy) is 2. The zero-order valence-corrected chi connectivity index (χ0v) is 21.9. The van der Waals surface area contributed by atoms with Gasteiger partial charge in [-0.1, -0.05) is 18.2 Å². The van der Waals surface area contributed by atoms with Gasteiger partial charge in [-0.25, -0.2) is 9.36 Å². The molecule has 12 nitrogen and oxygen atoms in total. The Hall–Kier alpha value is -2.76. The summed E-state index contributed by atoms with van der Waals surface area (Å²) in [6.07, 6.45) is 3.14. The second-order valence-electron chi connectivity index (χ2n) is 10.1. The number of H-pyrrole nitrogens is 1. The first-order valence-corrected chi connectivity index (χ1v) is 14.4. The summed E-state index contributed by atoms with van der Waals surface area (Å²) >= 11 is 0. The molecule has 2 heterocycles. The Bertz CT molecular complexity index is 1300. The fraction of sp³-hybridized carbons (Fsp3) is 0.560. The molecule has 5 rings (SSSR count). The quantitative estimate of drug-likeness (QED) is 0.296. The molecule has 5 unspecified atom stereocenters. The molecule has 1 saturated heterocycles. The van der Waals surface area contributed by atoms with E-state index in [4.69, 9.17) is 18.5 Å². The number of aliphatic hydroxyl groups excluding tert-OH is 1. The van der Waals surface area contributed by atoms with Gasteiger partial charge >= 0.3 is 19.4 Å². The molecule has 38 heavy (non-hydrogen) atoms. The van der Waals surface area contributed by atoms with Gasteiger partial charge in [-0.05, 0) is 57.6 Å². The maximum absolute atomic E-state index is 13.8. The van der Waals surface area contributed by atoms with Crippen molar-refractivity contribution in [1.82, 2.24) is 14.6 Å². The first-order valence-electron chi connectivity index (χ1n) is 12.8. The molecule has 3 N–H and O–H groups in total. The second-order valence-corrected chi connectivity index (χ2v) is 11.8. The summed E-state index contributed by atoms with van der Waals surface area (Å²) < 4.78 is 38.0. The van der Waals surface area contributed by atoms with Gasteiger partial charge in [0.2, 0.25) is 0 Å². The number of carbonyl (C=O) groups excluding carboxylic acids is 1. The predicted molar refractivity (Wildman–Crippen MR) is 134 cm³/mol. The molecule has 3 fully saturated rings. The molecule has 0 radical (unpaired) electrons. The minimum absolute atomic E-state index is 0.160. The van der Waals surface area contributed by atoms with Gasteiger partial charge in [-0.3, -0.25) is 23.7 Å². The molecule has 2 saturated carbocycles. The van der Waals surface area contributed by atoms with Crippen LogP contribution in [0, 0.1) is 5.41 Å². The van der Waals surface area contributed by atoms with E-state index in [0.29, 0.717) is 12.8 Å². The molecular formula is C25H32N3O9P. The number of rotatable bonds is 10. The molecule has 1 aromatic heterocycles. The highest BCUT2D eigenvalue weighted by Gasteiger charge is 2.64. The fourth-order valence-electron chi connectivity index (χ4n) is 5.11. The number of aliphatic hydroxyl groups is 1. The van der Waals surface area contributed by atoms with Crippen molar-refractivity contribution in [3.8, 4) is 5.75 Å². The number of nitrogens with zero attached hydrogens (tertiary/aromatic N) is 1. The van der Waals surface area contributed by atoms with Gasteiger partial charge in [0.15, 0.2) is 0 Å². The van der Waals surface area contributed by atoms with Crippen LogP contribution in [0.3, 0.4) is 0 Å². The fourth-order valence-corrected chi connectivity index (χ4v) is 6.61. The van der Waals surface area contributed by atoms with E-state index in [1.54, 1.807) is 30.3 Å². The van der Waals surface area contributed by atoms with Crippen molar-refractivity contribution < 1.29 is 33.0 Å². The Morgan fingerprint density at radius 3 is 2.61 bits per heavy atom. The summed E-state index contributed by atoms with van der Waals surface area (Å²) in [7, 11) is -4.16. The van der Waals surface area contributed by atoms with Crippen LogP contribution in [0.15, 0.2) is 52.2 Å². The van der Waals surface area contributed by atoms with Gasteiger partial charge in [0, 0.05) is 17.7 Å². The molecule has 2 aliphatic carbocycles. The Morgan fingerprint density at radius 2 is 1.95 bits per heavy atom. The Labute approximate surface area is 218 Å². The standard InChI is InChI=1S/C25H32N3O9P/c1-16(22(31)35-17-7-5-6-8-17)27-38(33,37-18-9-3-2-4-10-18)34-15-19-21(30)25(12-13-25)23(36-19)28-14-11-20(29)26-24(28)32/h2-4,9-11,14,16-17,19,21,23,30H,5-8,12-13,15H2,1H3,(H,27,33)(H,26,29,32). The van der Waals surface area contributed by atoms with Crippen LogP contribution in [-0.4, -0.2) is 51.6 Å². The van der Waals surface area contributed by atoms with E-state index in [-0.39, 0.29) is 18.5 Å². The molecule has 1 spiro atoms. The lowest BCUT2D eigenvalue weighted by Gasteiger charge is -2.25. The highest BCUT2D eigenvalue weighted by atomic mass is 31.2. The first-order chi connectivity index (χ1) is 18.2. The molecule has 3 aliphatic rings. The van der Waals surface area contributed by atoms with E-state index in [1.807, 2.05) is 0 Å². The summed E-state index contributed by atoms with van der Waals surface area (Å²) in [5.74, 6) is -0.312. The predicted octanol–water partition coefficient (Wildman–Crippen LogP) is 2.24. The maximum atomic E-state index is 13.8. The Morgan fingerprint density at radius 1 is 1.24 bits per heavy atom. The zero-order valence-electron chi connectivity index (χ0n) is 21.0. The van der Waals surface area contributed by atoms with E-state index < -0.39 is 54.9 Å². The van der Waals surface area contributed by atoms with Gasteiger partial charge in [0.25, 0.3) is 5.56 Å². The van der Waals surface area contributed by atoms with Crippen LogP contribution in [-0.2, 0) is 23.4 Å². The van der Waals surface area contributed by atoms with Crippen molar-refractivity contribution in [2.45, 2.75) is 76.0 Å². The number of esters is 1. The summed E-state index contributed by atoms with van der Waals surface area (Å²) in [5.41, 5.74) is -1.93. The van der Waals surface area contributed by atoms with Crippen molar-refractivity contribution in [2.75, 3.05) is 6.61 Å². The summed E-state index contributed by atoms with van der Waals surface area (Å²) in [6, 6.07) is 8.56. The molecule has 1 aromatic carbocycles. The van der Waals surface area contributed by atoms with E-state index in [9.17, 15) is 24.1 Å². The minimum Gasteiger partial charge on any atom is -0.461 e. The van der Waals surface area contributed by atoms with Crippen LogP contribution in [0.1, 0.15) is 51.7 Å².